The number of nitrogens with one attached hydrogen (secondary N) is 1. The maximum atomic E-state index is 12.7. The molecule has 4 nitrogen and oxygen atoms in total. The molecule has 25 heavy (non-hydrogen) atoms. The van der Waals surface area contributed by atoms with Crippen LogP contribution in [-0.4, -0.2) is 15.5 Å². The molecule has 0 unspecified atom stereocenters. The molecule has 2 aromatic heterocycles. The third-order valence-electron chi connectivity index (χ3n) is 3.77. The fourth-order valence-corrected chi connectivity index (χ4v) is 2.53. The van der Waals surface area contributed by atoms with Gasteiger partial charge < -0.3 is 9.88 Å². The Labute approximate surface area is 141 Å². The van der Waals surface area contributed by atoms with Crippen LogP contribution in [0, 0.1) is 6.92 Å². The van der Waals surface area contributed by atoms with Crippen LogP contribution in [-0.2, 0) is 11.0 Å². The van der Waals surface area contributed by atoms with E-state index in [0.717, 1.165) is 29.2 Å². The van der Waals surface area contributed by atoms with Crippen LogP contribution in [0.1, 0.15) is 11.1 Å². The molecule has 2 heterocycles. The molecular weight excluding hydrogens is 331 g/mol. The Hall–Kier alpha value is -3.09. The van der Waals surface area contributed by atoms with Crippen LogP contribution >= 0.6 is 0 Å². The van der Waals surface area contributed by atoms with Gasteiger partial charge in [0.05, 0.1) is 17.4 Å². The van der Waals surface area contributed by atoms with E-state index in [4.69, 9.17) is 0 Å². The first kappa shape index (κ1) is 16.8. The summed E-state index contributed by atoms with van der Waals surface area (Å²) in [4.78, 5) is 15.7. The number of hydrogen-bond acceptors (Lipinski definition) is 2. The minimum Gasteiger partial charge on any atom is -0.321 e. The topological polar surface area (TPSA) is 46.9 Å². The van der Waals surface area contributed by atoms with Crippen molar-refractivity contribution >= 4 is 22.6 Å². The molecule has 0 radical (unpaired) electrons. The third kappa shape index (κ3) is 3.26. The molecule has 3 aromatic rings. The van der Waals surface area contributed by atoms with Gasteiger partial charge in [-0.25, -0.2) is 4.98 Å². The summed E-state index contributed by atoms with van der Waals surface area (Å²) in [5.41, 5.74) is 1.87. The Morgan fingerprint density at radius 1 is 1.28 bits per heavy atom. The summed E-state index contributed by atoms with van der Waals surface area (Å²) < 4.78 is 39.8. The number of pyridine rings is 1. The van der Waals surface area contributed by atoms with E-state index in [1.54, 1.807) is 16.8 Å². The minimum absolute atomic E-state index is 0.346. The number of alkyl halides is 3. The highest BCUT2D eigenvalue weighted by Gasteiger charge is 2.30. The molecule has 0 aliphatic carbocycles. The Balaban J connectivity index is 2.03. The summed E-state index contributed by atoms with van der Waals surface area (Å²) in [6.45, 7) is 5.25. The second kappa shape index (κ2) is 6.08. The first-order valence-corrected chi connectivity index (χ1v) is 7.38. The van der Waals surface area contributed by atoms with E-state index >= 15 is 0 Å². The zero-order chi connectivity index (χ0) is 18.2. The van der Waals surface area contributed by atoms with Crippen molar-refractivity contribution in [2.75, 3.05) is 5.32 Å². The van der Waals surface area contributed by atoms with Gasteiger partial charge in [0.1, 0.15) is 5.65 Å². The largest absolute Gasteiger partial charge is 0.416 e. The lowest BCUT2D eigenvalue weighted by molar-refractivity contribution is -0.137. The van der Waals surface area contributed by atoms with E-state index in [1.807, 2.05) is 6.92 Å². The number of anilines is 1. The Kier molecular flexibility index (Phi) is 4.08. The Bertz CT molecular complexity index is 956. The number of halogens is 3. The predicted octanol–water partition coefficient (Wildman–Crippen LogP) is 4.48. The molecule has 0 aliphatic heterocycles. The number of amides is 1. The molecule has 0 bridgehead atoms. The number of hydrogen-bond donors (Lipinski definition) is 1. The van der Waals surface area contributed by atoms with E-state index in [9.17, 15) is 18.0 Å². The fraction of sp³-hybridized carbons (Fsp3) is 0.111. The molecule has 0 fully saturated rings. The summed E-state index contributed by atoms with van der Waals surface area (Å²) in [7, 11) is 0. The van der Waals surface area contributed by atoms with Crippen LogP contribution < -0.4 is 5.32 Å². The highest BCUT2D eigenvalue weighted by molar-refractivity contribution is 6.00. The molecule has 0 spiro atoms. The van der Waals surface area contributed by atoms with E-state index in [1.165, 1.54) is 18.3 Å². The van der Waals surface area contributed by atoms with E-state index < -0.39 is 11.7 Å². The average molecular weight is 345 g/mol. The third-order valence-corrected chi connectivity index (χ3v) is 3.77. The Morgan fingerprint density at radius 2 is 1.96 bits per heavy atom. The van der Waals surface area contributed by atoms with Gasteiger partial charge in [0, 0.05) is 17.3 Å². The summed E-state index contributed by atoms with van der Waals surface area (Å²) >= 11 is 0. The molecule has 3 rings (SSSR count). The number of nitrogens with zero attached hydrogens (tertiary/aromatic N) is 2. The second-order valence-corrected chi connectivity index (χ2v) is 5.52. The quantitative estimate of drug-likeness (QED) is 0.712. The van der Waals surface area contributed by atoms with Crippen LogP contribution in [0.4, 0.5) is 18.9 Å². The van der Waals surface area contributed by atoms with Gasteiger partial charge in [-0.3, -0.25) is 4.79 Å². The van der Waals surface area contributed by atoms with Crippen LogP contribution in [0.25, 0.3) is 16.7 Å². The van der Waals surface area contributed by atoms with Gasteiger partial charge in [-0.05, 0) is 48.9 Å². The summed E-state index contributed by atoms with van der Waals surface area (Å²) in [5, 5.41) is 3.42. The number of benzene rings is 1. The van der Waals surface area contributed by atoms with E-state index in [2.05, 4.69) is 16.9 Å². The number of carbonyl (C=O) groups excluding carboxylic acids is 1. The van der Waals surface area contributed by atoms with Gasteiger partial charge in [0.25, 0.3) is 0 Å². The van der Waals surface area contributed by atoms with Crippen LogP contribution in [0.2, 0.25) is 0 Å². The van der Waals surface area contributed by atoms with Crippen molar-refractivity contribution in [3.8, 4) is 5.69 Å². The minimum atomic E-state index is -4.37. The number of carbonyl (C=O) groups is 1. The maximum Gasteiger partial charge on any atom is 0.416 e. The van der Waals surface area contributed by atoms with Crippen molar-refractivity contribution in [2.45, 2.75) is 13.1 Å². The van der Waals surface area contributed by atoms with E-state index in [0.29, 0.717) is 17.0 Å². The highest BCUT2D eigenvalue weighted by atomic mass is 19.4. The molecule has 1 N–H and O–H groups in total. The average Bonchev–Trinajstić information content (AvgIpc) is 2.90. The van der Waals surface area contributed by atoms with Crippen molar-refractivity contribution in [1.29, 1.82) is 0 Å². The van der Waals surface area contributed by atoms with Gasteiger partial charge in [0.15, 0.2) is 0 Å². The molecule has 0 atom stereocenters. The van der Waals surface area contributed by atoms with Gasteiger partial charge in [-0.2, -0.15) is 13.2 Å². The zero-order valence-corrected chi connectivity index (χ0v) is 13.3. The lowest BCUT2D eigenvalue weighted by atomic mass is 10.2. The molecule has 0 saturated carbocycles. The number of rotatable bonds is 3. The van der Waals surface area contributed by atoms with Crippen LogP contribution in [0.15, 0.2) is 55.4 Å². The number of aryl methyl sites for hydroxylation is 1. The van der Waals surface area contributed by atoms with Gasteiger partial charge in [-0.1, -0.05) is 6.58 Å². The second-order valence-electron chi connectivity index (χ2n) is 5.52. The lowest BCUT2D eigenvalue weighted by Crippen LogP contribution is -2.07. The normalized spacial score (nSPS) is 11.5. The highest BCUT2D eigenvalue weighted by Crippen LogP contribution is 2.31. The number of aromatic nitrogens is 2. The van der Waals surface area contributed by atoms with Gasteiger partial charge in [0.2, 0.25) is 5.91 Å². The maximum absolute atomic E-state index is 12.7. The summed E-state index contributed by atoms with van der Waals surface area (Å²) in [6, 6.07) is 6.64. The monoisotopic (exact) mass is 345 g/mol. The molecular formula is C18H14F3N3O. The fourth-order valence-electron chi connectivity index (χ4n) is 2.53. The SMILES string of the molecule is C=CC(=O)Nc1cnc2c(c1)c(C)cn2-c1ccc(C(F)(F)F)cc1. The molecule has 128 valence electrons. The summed E-state index contributed by atoms with van der Waals surface area (Å²) in [5.74, 6) is -0.346. The van der Waals surface area contributed by atoms with Gasteiger partial charge in [-0.15, -0.1) is 0 Å². The summed E-state index contributed by atoms with van der Waals surface area (Å²) in [6.07, 6.45) is 0.0667. The van der Waals surface area contributed by atoms with Crippen molar-refractivity contribution < 1.29 is 18.0 Å². The molecule has 0 saturated heterocycles. The molecule has 1 amide bonds. The Morgan fingerprint density at radius 3 is 2.56 bits per heavy atom. The predicted molar refractivity (Wildman–Crippen MR) is 89.6 cm³/mol. The smallest absolute Gasteiger partial charge is 0.321 e. The van der Waals surface area contributed by atoms with Crippen LogP contribution in [0.3, 0.4) is 0 Å². The first-order valence-electron chi connectivity index (χ1n) is 7.38. The van der Waals surface area contributed by atoms with Gasteiger partial charge >= 0.3 is 6.18 Å². The van der Waals surface area contributed by atoms with Crippen molar-refractivity contribution in [3.63, 3.8) is 0 Å². The molecule has 0 aliphatic rings. The number of fused-ring (bicyclic) bond motifs is 1. The zero-order valence-electron chi connectivity index (χ0n) is 13.3. The van der Waals surface area contributed by atoms with Crippen molar-refractivity contribution in [3.05, 3.63) is 66.5 Å². The van der Waals surface area contributed by atoms with Crippen molar-refractivity contribution in [2.24, 2.45) is 0 Å². The van der Waals surface area contributed by atoms with Crippen LogP contribution in [0.5, 0.6) is 0 Å². The molecule has 1 aromatic carbocycles. The van der Waals surface area contributed by atoms with Crippen molar-refractivity contribution in [1.82, 2.24) is 9.55 Å². The lowest BCUT2D eigenvalue weighted by Gasteiger charge is -2.09. The standard InChI is InChI=1S/C18H14F3N3O/c1-3-16(25)23-13-8-15-11(2)10-24(17(15)22-9-13)14-6-4-12(5-7-14)18(19,20)21/h3-10H,1H2,2H3,(H,23,25). The first-order chi connectivity index (χ1) is 11.8. The van der Waals surface area contributed by atoms with E-state index in [-0.39, 0.29) is 5.91 Å². The molecule has 7 heteroatoms.